The molecule has 0 saturated carbocycles. The van der Waals surface area contributed by atoms with Gasteiger partial charge in [0.2, 0.25) is 0 Å². The molecule has 0 radical (unpaired) electrons. The van der Waals surface area contributed by atoms with Crippen molar-refractivity contribution in [3.8, 4) is 5.75 Å². The standard InChI is InChI=1S/C15H18N2O4/c18-13-8-11(14(19)20)6-7-12(13)17-15(21)16-9-10-4-2-1-3-5-10/h1-2,6-8,10,18H,3-5,9H2,(H,19,20)(H2,16,17,21). The topological polar surface area (TPSA) is 98.7 Å². The number of carboxylic acids is 1. The van der Waals surface area contributed by atoms with E-state index in [4.69, 9.17) is 5.11 Å². The molecule has 0 fully saturated rings. The molecule has 0 aliphatic heterocycles. The first-order valence-corrected chi connectivity index (χ1v) is 6.82. The summed E-state index contributed by atoms with van der Waals surface area (Å²) in [6.07, 6.45) is 7.29. The number of benzene rings is 1. The van der Waals surface area contributed by atoms with Crippen LogP contribution in [0, 0.1) is 5.92 Å². The van der Waals surface area contributed by atoms with Crippen molar-refractivity contribution < 1.29 is 19.8 Å². The van der Waals surface area contributed by atoms with E-state index in [0.29, 0.717) is 12.5 Å². The van der Waals surface area contributed by atoms with Gasteiger partial charge in [0.25, 0.3) is 0 Å². The van der Waals surface area contributed by atoms with E-state index in [2.05, 4.69) is 22.8 Å². The molecule has 1 unspecified atom stereocenters. The lowest BCUT2D eigenvalue weighted by Crippen LogP contribution is -2.33. The van der Waals surface area contributed by atoms with Gasteiger partial charge in [-0.1, -0.05) is 12.2 Å². The van der Waals surface area contributed by atoms with E-state index >= 15 is 0 Å². The molecule has 6 heteroatoms. The highest BCUT2D eigenvalue weighted by Gasteiger charge is 2.13. The zero-order valence-corrected chi connectivity index (χ0v) is 11.5. The highest BCUT2D eigenvalue weighted by atomic mass is 16.4. The van der Waals surface area contributed by atoms with Crippen molar-refractivity contribution in [3.63, 3.8) is 0 Å². The first kappa shape index (κ1) is 14.9. The summed E-state index contributed by atoms with van der Waals surface area (Å²) in [5, 5.41) is 23.7. The molecule has 4 N–H and O–H groups in total. The molecule has 112 valence electrons. The molecular weight excluding hydrogens is 272 g/mol. The zero-order valence-electron chi connectivity index (χ0n) is 11.5. The Morgan fingerprint density at radius 1 is 1.29 bits per heavy atom. The van der Waals surface area contributed by atoms with Crippen molar-refractivity contribution >= 4 is 17.7 Å². The lowest BCUT2D eigenvalue weighted by atomic mass is 9.94. The zero-order chi connectivity index (χ0) is 15.2. The van der Waals surface area contributed by atoms with Crippen LogP contribution in [0.2, 0.25) is 0 Å². The monoisotopic (exact) mass is 290 g/mol. The summed E-state index contributed by atoms with van der Waals surface area (Å²) in [5.74, 6) is -0.971. The van der Waals surface area contributed by atoms with E-state index < -0.39 is 12.0 Å². The van der Waals surface area contributed by atoms with Gasteiger partial charge in [0.1, 0.15) is 5.75 Å². The smallest absolute Gasteiger partial charge is 0.335 e. The molecule has 0 bridgehead atoms. The first-order chi connectivity index (χ1) is 10.1. The summed E-state index contributed by atoms with van der Waals surface area (Å²) < 4.78 is 0. The van der Waals surface area contributed by atoms with Crippen LogP contribution in [0.4, 0.5) is 10.5 Å². The van der Waals surface area contributed by atoms with E-state index in [1.807, 2.05) is 0 Å². The fourth-order valence-corrected chi connectivity index (χ4v) is 2.22. The second-order valence-corrected chi connectivity index (χ2v) is 5.02. The Hall–Kier alpha value is -2.50. The van der Waals surface area contributed by atoms with Gasteiger partial charge >= 0.3 is 12.0 Å². The summed E-state index contributed by atoms with van der Waals surface area (Å²) in [5.41, 5.74) is 0.147. The van der Waals surface area contributed by atoms with Crippen LogP contribution in [0.5, 0.6) is 5.75 Å². The Morgan fingerprint density at radius 2 is 2.10 bits per heavy atom. The average molecular weight is 290 g/mol. The Morgan fingerprint density at radius 3 is 2.71 bits per heavy atom. The number of carboxylic acid groups (broad SMARTS) is 1. The summed E-state index contributed by atoms with van der Waals surface area (Å²) >= 11 is 0. The number of rotatable bonds is 4. The van der Waals surface area contributed by atoms with E-state index in [1.54, 1.807) is 0 Å². The molecule has 1 aliphatic rings. The number of allylic oxidation sites excluding steroid dienone is 2. The van der Waals surface area contributed by atoms with Crippen molar-refractivity contribution in [3.05, 3.63) is 35.9 Å². The lowest BCUT2D eigenvalue weighted by Gasteiger charge is -2.18. The molecule has 1 aliphatic carbocycles. The van der Waals surface area contributed by atoms with Crippen LogP contribution >= 0.6 is 0 Å². The van der Waals surface area contributed by atoms with Crippen molar-refractivity contribution in [2.75, 3.05) is 11.9 Å². The Bertz CT molecular complexity index is 569. The van der Waals surface area contributed by atoms with Gasteiger partial charge < -0.3 is 20.8 Å². The number of nitrogens with one attached hydrogen (secondary N) is 2. The molecule has 1 aromatic carbocycles. The lowest BCUT2D eigenvalue weighted by molar-refractivity contribution is 0.0696. The maximum atomic E-state index is 11.8. The number of phenols is 1. The highest BCUT2D eigenvalue weighted by molar-refractivity contribution is 5.93. The fourth-order valence-electron chi connectivity index (χ4n) is 2.22. The number of carbonyl (C=O) groups excluding carboxylic acids is 1. The Labute approximate surface area is 122 Å². The van der Waals surface area contributed by atoms with Gasteiger partial charge in [-0.3, -0.25) is 0 Å². The van der Waals surface area contributed by atoms with Crippen LogP contribution < -0.4 is 10.6 Å². The van der Waals surface area contributed by atoms with Crippen molar-refractivity contribution in [2.45, 2.75) is 19.3 Å². The molecule has 1 atom stereocenters. The third-order valence-electron chi connectivity index (χ3n) is 3.42. The number of phenolic OH excluding ortho intramolecular Hbond substituents is 1. The fraction of sp³-hybridized carbons (Fsp3) is 0.333. The molecule has 1 aromatic rings. The highest BCUT2D eigenvalue weighted by Crippen LogP contribution is 2.24. The maximum Gasteiger partial charge on any atom is 0.335 e. The van der Waals surface area contributed by atoms with E-state index in [0.717, 1.165) is 25.3 Å². The molecule has 6 nitrogen and oxygen atoms in total. The van der Waals surface area contributed by atoms with Crippen LogP contribution in [0.1, 0.15) is 29.6 Å². The third kappa shape index (κ3) is 4.24. The van der Waals surface area contributed by atoms with Crippen LogP contribution in [-0.2, 0) is 0 Å². The van der Waals surface area contributed by atoms with Gasteiger partial charge in [-0.25, -0.2) is 9.59 Å². The minimum Gasteiger partial charge on any atom is -0.506 e. The largest absolute Gasteiger partial charge is 0.506 e. The van der Waals surface area contributed by atoms with Crippen LogP contribution in [0.25, 0.3) is 0 Å². The molecule has 0 saturated heterocycles. The van der Waals surface area contributed by atoms with Crippen molar-refractivity contribution in [1.82, 2.24) is 5.32 Å². The van der Waals surface area contributed by atoms with Crippen LogP contribution in [-0.4, -0.2) is 28.8 Å². The molecule has 0 aromatic heterocycles. The summed E-state index contributed by atoms with van der Waals surface area (Å²) in [6, 6.07) is 3.37. The molecule has 0 spiro atoms. The molecule has 2 rings (SSSR count). The van der Waals surface area contributed by atoms with E-state index in [9.17, 15) is 14.7 Å². The molecule has 21 heavy (non-hydrogen) atoms. The average Bonchev–Trinajstić information content (AvgIpc) is 2.48. The SMILES string of the molecule is O=C(NCC1CC=CCC1)Nc1ccc(C(=O)O)cc1O. The molecular formula is C15H18N2O4. The number of aromatic carboxylic acids is 1. The predicted octanol–water partition coefficient (Wildman–Crippen LogP) is 2.57. The number of anilines is 1. The van der Waals surface area contributed by atoms with Gasteiger partial charge in [0.15, 0.2) is 0 Å². The predicted molar refractivity (Wildman–Crippen MR) is 78.6 cm³/mol. The van der Waals surface area contributed by atoms with Gasteiger partial charge in [0.05, 0.1) is 11.3 Å². The number of hydrogen-bond donors (Lipinski definition) is 4. The summed E-state index contributed by atoms with van der Waals surface area (Å²) in [4.78, 5) is 22.5. The second-order valence-electron chi connectivity index (χ2n) is 5.02. The third-order valence-corrected chi connectivity index (χ3v) is 3.42. The normalized spacial score (nSPS) is 17.2. The van der Waals surface area contributed by atoms with Gasteiger partial charge in [0, 0.05) is 6.54 Å². The van der Waals surface area contributed by atoms with Gasteiger partial charge in [-0.15, -0.1) is 0 Å². The van der Waals surface area contributed by atoms with Crippen molar-refractivity contribution in [1.29, 1.82) is 0 Å². The minimum atomic E-state index is -1.13. The Balaban J connectivity index is 1.87. The molecule has 2 amide bonds. The summed E-state index contributed by atoms with van der Waals surface area (Å²) in [7, 11) is 0. The van der Waals surface area contributed by atoms with Gasteiger partial charge in [-0.2, -0.15) is 0 Å². The van der Waals surface area contributed by atoms with Crippen LogP contribution in [0.15, 0.2) is 30.4 Å². The van der Waals surface area contributed by atoms with E-state index in [-0.39, 0.29) is 17.0 Å². The number of amides is 2. The van der Waals surface area contributed by atoms with Crippen LogP contribution in [0.3, 0.4) is 0 Å². The number of carbonyl (C=O) groups is 2. The maximum absolute atomic E-state index is 11.8. The number of hydrogen-bond acceptors (Lipinski definition) is 3. The van der Waals surface area contributed by atoms with E-state index in [1.165, 1.54) is 12.1 Å². The second kappa shape index (κ2) is 6.78. The quantitative estimate of drug-likeness (QED) is 0.506. The summed E-state index contributed by atoms with van der Waals surface area (Å²) in [6.45, 7) is 0.574. The molecule has 0 heterocycles. The van der Waals surface area contributed by atoms with Gasteiger partial charge in [-0.05, 0) is 43.4 Å². The Kier molecular flexibility index (Phi) is 4.81. The number of urea groups is 1. The number of aromatic hydroxyl groups is 1. The first-order valence-electron chi connectivity index (χ1n) is 6.82. The van der Waals surface area contributed by atoms with Crippen molar-refractivity contribution in [2.24, 2.45) is 5.92 Å². The minimum absolute atomic E-state index is 0.0348.